The number of ether oxygens (including phenoxy) is 2. The molecular formula is C17H18FNO2. The molecule has 0 spiro atoms. The van der Waals surface area contributed by atoms with E-state index in [0.29, 0.717) is 18.8 Å². The zero-order valence-electron chi connectivity index (χ0n) is 11.9. The van der Waals surface area contributed by atoms with Gasteiger partial charge in [0.25, 0.3) is 0 Å². The lowest BCUT2D eigenvalue weighted by Gasteiger charge is -2.30. The second-order valence-electron chi connectivity index (χ2n) is 5.13. The van der Waals surface area contributed by atoms with Crippen molar-refractivity contribution in [1.82, 2.24) is 0 Å². The van der Waals surface area contributed by atoms with E-state index in [9.17, 15) is 4.39 Å². The molecule has 0 radical (unpaired) electrons. The highest BCUT2D eigenvalue weighted by atomic mass is 19.1. The quantitative estimate of drug-likeness (QED) is 0.935. The predicted molar refractivity (Wildman–Crippen MR) is 78.9 cm³/mol. The molecule has 1 aliphatic rings. The minimum absolute atomic E-state index is 0.117. The van der Waals surface area contributed by atoms with Crippen LogP contribution in [-0.4, -0.2) is 6.61 Å². The first kappa shape index (κ1) is 13.9. The normalized spacial score (nSPS) is 20.5. The Kier molecular flexibility index (Phi) is 3.80. The Hall–Kier alpha value is -2.07. The Balaban J connectivity index is 1.83. The van der Waals surface area contributed by atoms with Crippen LogP contribution in [0.25, 0.3) is 0 Å². The standard InChI is InChI=1S/C17H18FNO2/c1-2-20-13-6-3-11(4-7-13)17-10-15(19)14-9-12(18)5-8-16(14)21-17/h3-9,15,17H,2,10,19H2,1H3. The van der Waals surface area contributed by atoms with E-state index in [2.05, 4.69) is 0 Å². The molecule has 21 heavy (non-hydrogen) atoms. The summed E-state index contributed by atoms with van der Waals surface area (Å²) >= 11 is 0. The van der Waals surface area contributed by atoms with Gasteiger partial charge in [-0.2, -0.15) is 0 Å². The molecule has 1 heterocycles. The van der Waals surface area contributed by atoms with Crippen molar-refractivity contribution in [2.75, 3.05) is 6.61 Å². The molecule has 3 nitrogen and oxygen atoms in total. The number of fused-ring (bicyclic) bond motifs is 1. The number of rotatable bonds is 3. The highest BCUT2D eigenvalue weighted by molar-refractivity contribution is 5.40. The van der Waals surface area contributed by atoms with Crippen LogP contribution in [0.4, 0.5) is 4.39 Å². The van der Waals surface area contributed by atoms with Crippen LogP contribution < -0.4 is 15.2 Å². The van der Waals surface area contributed by atoms with Crippen molar-refractivity contribution in [2.24, 2.45) is 5.73 Å². The molecule has 2 atom stereocenters. The SMILES string of the molecule is CCOc1ccc(C2CC(N)c3cc(F)ccc3O2)cc1. The number of hydrogen-bond donors (Lipinski definition) is 1. The highest BCUT2D eigenvalue weighted by Gasteiger charge is 2.27. The summed E-state index contributed by atoms with van der Waals surface area (Å²) in [4.78, 5) is 0. The van der Waals surface area contributed by atoms with Crippen LogP contribution in [0.15, 0.2) is 42.5 Å². The van der Waals surface area contributed by atoms with Crippen LogP contribution in [0, 0.1) is 5.82 Å². The molecule has 0 amide bonds. The zero-order valence-corrected chi connectivity index (χ0v) is 11.9. The fourth-order valence-electron chi connectivity index (χ4n) is 2.62. The van der Waals surface area contributed by atoms with E-state index in [-0.39, 0.29) is 18.0 Å². The Bertz CT molecular complexity index is 627. The molecule has 0 fully saturated rings. The van der Waals surface area contributed by atoms with Gasteiger partial charge in [0, 0.05) is 18.0 Å². The molecule has 0 saturated heterocycles. The summed E-state index contributed by atoms with van der Waals surface area (Å²) in [7, 11) is 0. The molecule has 110 valence electrons. The van der Waals surface area contributed by atoms with Gasteiger partial charge in [0.15, 0.2) is 0 Å². The third kappa shape index (κ3) is 2.85. The summed E-state index contributed by atoms with van der Waals surface area (Å²) in [5.41, 5.74) is 7.93. The van der Waals surface area contributed by atoms with Gasteiger partial charge in [-0.25, -0.2) is 4.39 Å². The second kappa shape index (κ2) is 5.74. The molecular weight excluding hydrogens is 269 g/mol. The van der Waals surface area contributed by atoms with Gasteiger partial charge in [-0.1, -0.05) is 12.1 Å². The first-order valence-corrected chi connectivity index (χ1v) is 7.12. The molecule has 0 saturated carbocycles. The van der Waals surface area contributed by atoms with Crippen LogP contribution >= 0.6 is 0 Å². The average Bonchev–Trinajstić information content (AvgIpc) is 2.49. The maximum atomic E-state index is 13.3. The molecule has 2 aromatic rings. The number of halogens is 1. The van der Waals surface area contributed by atoms with E-state index in [1.807, 2.05) is 31.2 Å². The molecule has 2 unspecified atom stereocenters. The van der Waals surface area contributed by atoms with E-state index in [1.54, 1.807) is 6.07 Å². The first-order valence-electron chi connectivity index (χ1n) is 7.12. The van der Waals surface area contributed by atoms with Gasteiger partial charge in [0.1, 0.15) is 23.4 Å². The van der Waals surface area contributed by atoms with E-state index >= 15 is 0 Å². The summed E-state index contributed by atoms with van der Waals surface area (Å²) in [6, 6.07) is 12.1. The van der Waals surface area contributed by atoms with Gasteiger partial charge in [-0.3, -0.25) is 0 Å². The fraction of sp³-hybridized carbons (Fsp3) is 0.294. The van der Waals surface area contributed by atoms with Crippen LogP contribution in [0.5, 0.6) is 11.5 Å². The van der Waals surface area contributed by atoms with Crippen molar-refractivity contribution in [3.8, 4) is 11.5 Å². The van der Waals surface area contributed by atoms with Gasteiger partial charge in [0.2, 0.25) is 0 Å². The molecule has 2 aromatic carbocycles. The van der Waals surface area contributed by atoms with Gasteiger partial charge in [0.05, 0.1) is 6.61 Å². The summed E-state index contributed by atoms with van der Waals surface area (Å²) in [6.07, 6.45) is 0.512. The zero-order chi connectivity index (χ0) is 14.8. The minimum Gasteiger partial charge on any atom is -0.494 e. The molecule has 4 heteroatoms. The monoisotopic (exact) mass is 287 g/mol. The predicted octanol–water partition coefficient (Wildman–Crippen LogP) is 3.75. The Morgan fingerprint density at radius 1 is 1.24 bits per heavy atom. The third-order valence-electron chi connectivity index (χ3n) is 3.67. The first-order chi connectivity index (χ1) is 10.2. The molecule has 0 aliphatic carbocycles. The Morgan fingerprint density at radius 2 is 2.00 bits per heavy atom. The van der Waals surface area contributed by atoms with Gasteiger partial charge in [-0.15, -0.1) is 0 Å². The Morgan fingerprint density at radius 3 is 2.71 bits per heavy atom. The number of hydrogen-bond acceptors (Lipinski definition) is 3. The summed E-state index contributed by atoms with van der Waals surface area (Å²) in [5, 5.41) is 0. The van der Waals surface area contributed by atoms with E-state index in [0.717, 1.165) is 16.9 Å². The largest absolute Gasteiger partial charge is 0.494 e. The maximum absolute atomic E-state index is 13.3. The third-order valence-corrected chi connectivity index (χ3v) is 3.67. The van der Waals surface area contributed by atoms with Crippen LogP contribution in [0.3, 0.4) is 0 Å². The van der Waals surface area contributed by atoms with Crippen molar-refractivity contribution in [3.63, 3.8) is 0 Å². The Labute approximate surface area is 123 Å². The molecule has 3 rings (SSSR count). The number of benzene rings is 2. The van der Waals surface area contributed by atoms with Crippen molar-refractivity contribution in [3.05, 3.63) is 59.4 Å². The van der Waals surface area contributed by atoms with Gasteiger partial charge in [-0.05, 0) is 42.8 Å². The number of nitrogens with two attached hydrogens (primary N) is 1. The lowest BCUT2D eigenvalue weighted by Crippen LogP contribution is -2.24. The molecule has 2 N–H and O–H groups in total. The minimum atomic E-state index is -0.285. The summed E-state index contributed by atoms with van der Waals surface area (Å²) in [5.74, 6) is 1.21. The highest BCUT2D eigenvalue weighted by Crippen LogP contribution is 2.40. The topological polar surface area (TPSA) is 44.5 Å². The fourth-order valence-corrected chi connectivity index (χ4v) is 2.62. The van der Waals surface area contributed by atoms with Gasteiger partial charge >= 0.3 is 0 Å². The summed E-state index contributed by atoms with van der Waals surface area (Å²) in [6.45, 7) is 2.59. The van der Waals surface area contributed by atoms with E-state index in [1.165, 1.54) is 12.1 Å². The van der Waals surface area contributed by atoms with E-state index < -0.39 is 0 Å². The van der Waals surface area contributed by atoms with Crippen molar-refractivity contribution < 1.29 is 13.9 Å². The second-order valence-corrected chi connectivity index (χ2v) is 5.13. The van der Waals surface area contributed by atoms with Crippen LogP contribution in [0.1, 0.15) is 36.6 Å². The lowest BCUT2D eigenvalue weighted by molar-refractivity contribution is 0.161. The van der Waals surface area contributed by atoms with Crippen molar-refractivity contribution >= 4 is 0 Å². The molecule has 0 bridgehead atoms. The van der Waals surface area contributed by atoms with Crippen molar-refractivity contribution in [2.45, 2.75) is 25.5 Å². The molecule has 0 aromatic heterocycles. The van der Waals surface area contributed by atoms with E-state index in [4.69, 9.17) is 15.2 Å². The molecule has 1 aliphatic heterocycles. The van der Waals surface area contributed by atoms with Crippen molar-refractivity contribution in [1.29, 1.82) is 0 Å². The smallest absolute Gasteiger partial charge is 0.126 e. The lowest BCUT2D eigenvalue weighted by atomic mass is 9.93. The van der Waals surface area contributed by atoms with Gasteiger partial charge < -0.3 is 15.2 Å². The average molecular weight is 287 g/mol. The maximum Gasteiger partial charge on any atom is 0.126 e. The van der Waals surface area contributed by atoms with Crippen LogP contribution in [0.2, 0.25) is 0 Å². The summed E-state index contributed by atoms with van der Waals surface area (Å²) < 4.78 is 24.7. The van der Waals surface area contributed by atoms with Crippen LogP contribution in [-0.2, 0) is 0 Å².